The molecule has 21 heavy (non-hydrogen) atoms. The largest absolute Gasteiger partial charge is 0.507 e. The number of phenolic OH excluding ortho intramolecular Hbond substituents is 1. The Kier molecular flexibility index (Phi) is 3.49. The molecule has 1 aromatic rings. The summed E-state index contributed by atoms with van der Waals surface area (Å²) in [5.41, 5.74) is 1.78. The van der Waals surface area contributed by atoms with E-state index in [0.717, 1.165) is 31.4 Å². The first-order valence-corrected chi connectivity index (χ1v) is 10.4. The van der Waals surface area contributed by atoms with E-state index in [2.05, 4.69) is 40.7 Å². The highest BCUT2D eigenvalue weighted by Gasteiger charge is 2.42. The first-order valence-electron chi connectivity index (χ1n) is 6.63. The number of carbonyl (C=O) groups is 1. The summed E-state index contributed by atoms with van der Waals surface area (Å²) < 4.78 is 0.840. The molecule has 0 aromatic heterocycles. The van der Waals surface area contributed by atoms with Crippen molar-refractivity contribution < 1.29 is 9.90 Å². The lowest BCUT2D eigenvalue weighted by Crippen LogP contribution is -2.52. The van der Waals surface area contributed by atoms with Gasteiger partial charge in [0.1, 0.15) is 13.8 Å². The van der Waals surface area contributed by atoms with Gasteiger partial charge in [-0.3, -0.25) is 4.79 Å². The van der Waals surface area contributed by atoms with Crippen molar-refractivity contribution in [2.24, 2.45) is 4.99 Å². The summed E-state index contributed by atoms with van der Waals surface area (Å²) in [5, 5.41) is 12.2. The van der Waals surface area contributed by atoms with Crippen LogP contribution in [0.5, 0.6) is 5.75 Å². The Balaban J connectivity index is 2.36. The first-order chi connectivity index (χ1) is 9.97. The molecule has 0 radical (unpaired) electrons. The fourth-order valence-corrected chi connectivity index (χ4v) is 8.99. The molecule has 0 bridgehead atoms. The van der Waals surface area contributed by atoms with E-state index < -0.39 is 8.07 Å². The van der Waals surface area contributed by atoms with E-state index >= 15 is 0 Å². The van der Waals surface area contributed by atoms with Gasteiger partial charge in [0.2, 0.25) is 0 Å². The number of allylic oxidation sites excluding steroid dienone is 5. The fraction of sp³-hybridized carbons (Fsp3) is 0.125. The predicted octanol–water partition coefficient (Wildman–Crippen LogP) is 3.16. The molecule has 106 valence electrons. The second-order valence-electron chi connectivity index (χ2n) is 5.41. The van der Waals surface area contributed by atoms with Gasteiger partial charge in [-0.1, -0.05) is 12.6 Å². The molecule has 0 amide bonds. The van der Waals surface area contributed by atoms with Gasteiger partial charge < -0.3 is 5.11 Å². The minimum atomic E-state index is -2.16. The van der Waals surface area contributed by atoms with Crippen molar-refractivity contribution in [2.75, 3.05) is 0 Å². The zero-order valence-corrected chi connectivity index (χ0v) is 14.7. The van der Waals surface area contributed by atoms with Gasteiger partial charge in [0, 0.05) is 0 Å². The third kappa shape index (κ3) is 2.15. The zero-order valence-electron chi connectivity index (χ0n) is 11.6. The smallest absolute Gasteiger partial charge is 0.178 e. The molecule has 3 nitrogen and oxygen atoms in total. The van der Waals surface area contributed by atoms with Crippen LogP contribution in [-0.2, 0) is 4.79 Å². The average Bonchev–Trinajstić information content (AvgIpc) is 2.44. The highest BCUT2D eigenvalue weighted by atomic mass is 127. The molecule has 0 saturated heterocycles. The Morgan fingerprint density at radius 1 is 1.43 bits per heavy atom. The lowest BCUT2D eigenvalue weighted by molar-refractivity contribution is -0.110. The molecule has 1 aliphatic heterocycles. The maximum atomic E-state index is 11.8. The number of aliphatic imine (C=N–C) groups is 1. The molecule has 1 aromatic carbocycles. The van der Waals surface area contributed by atoms with E-state index in [9.17, 15) is 9.90 Å². The van der Waals surface area contributed by atoms with Crippen LogP contribution < -0.4 is 5.19 Å². The maximum absolute atomic E-state index is 11.8. The van der Waals surface area contributed by atoms with Gasteiger partial charge in [0.25, 0.3) is 0 Å². The second kappa shape index (κ2) is 5.06. The Morgan fingerprint density at radius 2 is 2.19 bits per heavy atom. The number of benzene rings is 1. The van der Waals surface area contributed by atoms with E-state index in [-0.39, 0.29) is 11.5 Å². The summed E-state index contributed by atoms with van der Waals surface area (Å²) in [5.74, 6) is 0.277. The molecular weight excluding hydrogens is 393 g/mol. The van der Waals surface area contributed by atoms with Crippen molar-refractivity contribution in [1.82, 2.24) is 0 Å². The quantitative estimate of drug-likeness (QED) is 0.355. The molecule has 0 fully saturated rings. The molecular formula is C16H14INO2Si. The summed E-state index contributed by atoms with van der Waals surface area (Å²) in [6, 6.07) is 4.35. The molecule has 1 unspecified atom stereocenters. The molecule has 1 aliphatic carbocycles. The molecule has 3 rings (SSSR count). The highest BCUT2D eigenvalue weighted by Crippen LogP contribution is 2.37. The average molecular weight is 407 g/mol. The van der Waals surface area contributed by atoms with E-state index in [4.69, 9.17) is 0 Å². The standard InChI is InChI=1S/C16H14INO2Si/c1-3-8-21(2)14-9-10(19)4-5-11(14)18-12-6-7-13(20)15(17)16(12)21/h3-7,9,20H,1,8H2,2H3. The molecule has 2 aliphatic rings. The van der Waals surface area contributed by atoms with Crippen LogP contribution in [0.25, 0.3) is 0 Å². The topological polar surface area (TPSA) is 49.7 Å². The number of hydrogen-bond acceptors (Lipinski definition) is 3. The highest BCUT2D eigenvalue weighted by molar-refractivity contribution is 14.1. The summed E-state index contributed by atoms with van der Waals surface area (Å²) >= 11 is 2.17. The summed E-state index contributed by atoms with van der Waals surface area (Å²) in [7, 11) is -2.16. The number of hydrogen-bond donors (Lipinski definition) is 1. The molecule has 1 N–H and O–H groups in total. The number of phenols is 1. The molecule has 1 atom stereocenters. The fourth-order valence-electron chi connectivity index (χ4n) is 2.99. The number of rotatable bonds is 2. The van der Waals surface area contributed by atoms with Crippen LogP contribution in [0.4, 0.5) is 5.69 Å². The molecule has 0 spiro atoms. The van der Waals surface area contributed by atoms with E-state index in [1.54, 1.807) is 24.3 Å². The van der Waals surface area contributed by atoms with Crippen LogP contribution >= 0.6 is 22.6 Å². The van der Waals surface area contributed by atoms with Gasteiger partial charge in [-0.15, -0.1) is 6.58 Å². The van der Waals surface area contributed by atoms with Crippen molar-refractivity contribution in [3.05, 3.63) is 51.8 Å². The van der Waals surface area contributed by atoms with Gasteiger partial charge >= 0.3 is 0 Å². The third-order valence-electron chi connectivity index (χ3n) is 4.01. The number of nitrogens with zero attached hydrogens (tertiary/aromatic N) is 1. The minimum Gasteiger partial charge on any atom is -0.507 e. The summed E-state index contributed by atoms with van der Waals surface area (Å²) in [6.07, 6.45) is 6.97. The van der Waals surface area contributed by atoms with Crippen LogP contribution in [0.3, 0.4) is 0 Å². The first kappa shape index (κ1) is 14.5. The van der Waals surface area contributed by atoms with E-state index in [1.165, 1.54) is 0 Å². The van der Waals surface area contributed by atoms with Crippen LogP contribution in [0.2, 0.25) is 12.6 Å². The summed E-state index contributed by atoms with van der Waals surface area (Å²) in [6.45, 7) is 6.09. The van der Waals surface area contributed by atoms with Crippen LogP contribution in [-0.4, -0.2) is 24.7 Å². The lowest BCUT2D eigenvalue weighted by atomic mass is 10.1. The van der Waals surface area contributed by atoms with Gasteiger partial charge in [0.15, 0.2) is 5.78 Å². The Morgan fingerprint density at radius 3 is 2.90 bits per heavy atom. The van der Waals surface area contributed by atoms with Crippen molar-refractivity contribution in [1.29, 1.82) is 0 Å². The van der Waals surface area contributed by atoms with Crippen LogP contribution in [0, 0.1) is 3.57 Å². The SMILES string of the molecule is C=CC[Si]1(C)C2=CC(=O)C=CC2=Nc2ccc(O)c(I)c21. The summed E-state index contributed by atoms with van der Waals surface area (Å²) in [4.78, 5) is 16.5. The number of fused-ring (bicyclic) bond motifs is 2. The van der Waals surface area contributed by atoms with E-state index in [0.29, 0.717) is 0 Å². The maximum Gasteiger partial charge on any atom is 0.178 e. The molecule has 0 saturated carbocycles. The van der Waals surface area contributed by atoms with Gasteiger partial charge in [-0.2, -0.15) is 0 Å². The normalized spacial score (nSPS) is 23.0. The molecule has 1 heterocycles. The van der Waals surface area contributed by atoms with Crippen molar-refractivity contribution in [3.63, 3.8) is 0 Å². The third-order valence-corrected chi connectivity index (χ3v) is 9.91. The number of halogens is 1. The van der Waals surface area contributed by atoms with Crippen molar-refractivity contribution in [3.8, 4) is 5.75 Å². The Bertz CT molecular complexity index is 764. The Hall–Kier alpha value is -1.47. The second-order valence-corrected chi connectivity index (χ2v) is 10.6. The van der Waals surface area contributed by atoms with Gasteiger partial charge in [-0.05, 0) is 69.4 Å². The Labute approximate surface area is 137 Å². The zero-order chi connectivity index (χ0) is 15.2. The monoisotopic (exact) mass is 407 g/mol. The van der Waals surface area contributed by atoms with Crippen molar-refractivity contribution in [2.45, 2.75) is 12.6 Å². The van der Waals surface area contributed by atoms with Crippen LogP contribution in [0.15, 0.2) is 53.2 Å². The minimum absolute atomic E-state index is 0.00495. The number of ketones is 1. The predicted molar refractivity (Wildman–Crippen MR) is 96.4 cm³/mol. The number of aromatic hydroxyl groups is 1. The van der Waals surface area contributed by atoms with E-state index in [1.807, 2.05) is 12.1 Å². The molecule has 5 heteroatoms. The van der Waals surface area contributed by atoms with Gasteiger partial charge in [0.05, 0.1) is 15.0 Å². The van der Waals surface area contributed by atoms with Crippen molar-refractivity contribution >= 4 is 53.0 Å². The van der Waals surface area contributed by atoms with Gasteiger partial charge in [-0.25, -0.2) is 4.99 Å². The lowest BCUT2D eigenvalue weighted by Gasteiger charge is -2.36. The van der Waals surface area contributed by atoms with Crippen LogP contribution in [0.1, 0.15) is 0 Å². The number of carbonyl (C=O) groups excluding carboxylic acids is 1.